The molecule has 0 spiro atoms. The molecule has 0 saturated carbocycles. The van der Waals surface area contributed by atoms with Crippen LogP contribution in [0.2, 0.25) is 0 Å². The van der Waals surface area contributed by atoms with E-state index in [4.69, 9.17) is 4.74 Å². The summed E-state index contributed by atoms with van der Waals surface area (Å²) in [5, 5.41) is 2.93. The lowest BCUT2D eigenvalue weighted by Crippen LogP contribution is -2.25. The third-order valence-electron chi connectivity index (χ3n) is 3.61. The molecule has 0 saturated heterocycles. The molecule has 4 heteroatoms. The molecule has 4 nitrogen and oxygen atoms in total. The van der Waals surface area contributed by atoms with Gasteiger partial charge in [-0.15, -0.1) is 0 Å². The zero-order chi connectivity index (χ0) is 16.9. The molecule has 0 heterocycles. The number of hydrogen-bond donors (Lipinski definition) is 1. The average Bonchev–Trinajstić information content (AvgIpc) is 2.33. The van der Waals surface area contributed by atoms with Crippen LogP contribution in [0.5, 0.6) is 5.75 Å². The Morgan fingerprint density at radius 1 is 1.23 bits per heavy atom. The van der Waals surface area contributed by atoms with E-state index in [1.807, 2.05) is 33.8 Å². The van der Waals surface area contributed by atoms with Gasteiger partial charge in [-0.1, -0.05) is 19.9 Å². The topological polar surface area (TPSA) is 55.4 Å². The molecule has 0 amide bonds. The van der Waals surface area contributed by atoms with Crippen LogP contribution in [0.3, 0.4) is 0 Å². The molecule has 0 bridgehead atoms. The summed E-state index contributed by atoms with van der Waals surface area (Å²) in [5.74, 6) is 0.432. The van der Waals surface area contributed by atoms with Gasteiger partial charge in [-0.05, 0) is 45.0 Å². The van der Waals surface area contributed by atoms with Gasteiger partial charge in [0.15, 0.2) is 0 Å². The first-order chi connectivity index (χ1) is 10.2. The predicted molar refractivity (Wildman–Crippen MR) is 88.4 cm³/mol. The van der Waals surface area contributed by atoms with Gasteiger partial charge in [0.25, 0.3) is 0 Å². The second-order valence-corrected chi connectivity index (χ2v) is 6.55. The maximum Gasteiger partial charge on any atom is 0.312 e. The SMILES string of the molecule is CNCCC(=O)Oc1cc(C)cc(C)c1C(C)(C)CC(C)=O. The highest BCUT2D eigenvalue weighted by Gasteiger charge is 2.29. The lowest BCUT2D eigenvalue weighted by molar-refractivity contribution is -0.134. The molecule has 0 radical (unpaired) electrons. The van der Waals surface area contributed by atoms with Crippen molar-refractivity contribution in [1.82, 2.24) is 5.32 Å². The van der Waals surface area contributed by atoms with Gasteiger partial charge < -0.3 is 10.1 Å². The van der Waals surface area contributed by atoms with Crippen LogP contribution < -0.4 is 10.1 Å². The van der Waals surface area contributed by atoms with E-state index in [9.17, 15) is 9.59 Å². The number of carbonyl (C=O) groups is 2. The predicted octanol–water partition coefficient (Wildman–Crippen LogP) is 3.08. The Bertz CT molecular complexity index is 562. The molecule has 22 heavy (non-hydrogen) atoms. The molecule has 1 rings (SSSR count). The van der Waals surface area contributed by atoms with Gasteiger partial charge >= 0.3 is 5.97 Å². The van der Waals surface area contributed by atoms with Gasteiger partial charge in [0.05, 0.1) is 6.42 Å². The van der Waals surface area contributed by atoms with Gasteiger partial charge in [0.1, 0.15) is 11.5 Å². The molecular formula is C18H27NO3. The highest BCUT2D eigenvalue weighted by Crippen LogP contribution is 2.38. The lowest BCUT2D eigenvalue weighted by Gasteiger charge is -2.28. The first-order valence-corrected chi connectivity index (χ1v) is 7.64. The minimum Gasteiger partial charge on any atom is -0.426 e. The smallest absolute Gasteiger partial charge is 0.312 e. The van der Waals surface area contributed by atoms with Crippen molar-refractivity contribution >= 4 is 11.8 Å². The molecule has 122 valence electrons. The third kappa shape index (κ3) is 4.95. The standard InChI is InChI=1S/C18H27NO3/c1-12-9-13(2)17(18(4,5)11-14(3)20)15(10-12)22-16(21)7-8-19-6/h9-10,19H,7-8,11H2,1-6H3. The largest absolute Gasteiger partial charge is 0.426 e. The second kappa shape index (κ2) is 7.54. The maximum absolute atomic E-state index is 12.0. The Labute approximate surface area is 133 Å². The van der Waals surface area contributed by atoms with E-state index >= 15 is 0 Å². The minimum atomic E-state index is -0.373. The Morgan fingerprint density at radius 3 is 2.41 bits per heavy atom. The maximum atomic E-state index is 12.0. The number of hydrogen-bond acceptors (Lipinski definition) is 4. The molecule has 1 N–H and O–H groups in total. The molecule has 0 atom stereocenters. The van der Waals surface area contributed by atoms with E-state index in [2.05, 4.69) is 11.4 Å². The third-order valence-corrected chi connectivity index (χ3v) is 3.61. The summed E-state index contributed by atoms with van der Waals surface area (Å²) < 4.78 is 5.59. The number of ether oxygens (including phenoxy) is 1. The monoisotopic (exact) mass is 305 g/mol. The Morgan fingerprint density at radius 2 is 1.86 bits per heavy atom. The molecule has 0 aliphatic carbocycles. The lowest BCUT2D eigenvalue weighted by atomic mass is 9.77. The number of Topliss-reactive ketones (excluding diaryl/α,β-unsaturated/α-hetero) is 1. The summed E-state index contributed by atoms with van der Waals surface area (Å²) in [7, 11) is 1.80. The molecule has 1 aromatic rings. The van der Waals surface area contributed by atoms with Crippen molar-refractivity contribution in [3.63, 3.8) is 0 Å². The van der Waals surface area contributed by atoms with Crippen LogP contribution in [-0.2, 0) is 15.0 Å². The fourth-order valence-electron chi connectivity index (χ4n) is 2.99. The number of rotatable bonds is 7. The van der Waals surface area contributed by atoms with Gasteiger partial charge in [0.2, 0.25) is 0 Å². The van der Waals surface area contributed by atoms with Crippen LogP contribution in [0.1, 0.15) is 50.3 Å². The van der Waals surface area contributed by atoms with Crippen molar-refractivity contribution in [2.75, 3.05) is 13.6 Å². The summed E-state index contributed by atoms with van der Waals surface area (Å²) in [6, 6.07) is 3.93. The number of ketones is 1. The normalized spacial score (nSPS) is 11.4. The first kappa shape index (κ1) is 18.4. The summed E-state index contributed by atoms with van der Waals surface area (Å²) in [4.78, 5) is 23.5. The van der Waals surface area contributed by atoms with Crippen molar-refractivity contribution in [1.29, 1.82) is 0 Å². The molecule has 1 aromatic carbocycles. The van der Waals surface area contributed by atoms with Gasteiger partial charge in [0, 0.05) is 23.9 Å². The molecule has 0 fully saturated rings. The van der Waals surface area contributed by atoms with E-state index in [1.165, 1.54) is 0 Å². The first-order valence-electron chi connectivity index (χ1n) is 7.64. The van der Waals surface area contributed by atoms with Crippen LogP contribution in [0, 0.1) is 13.8 Å². The highest BCUT2D eigenvalue weighted by molar-refractivity contribution is 5.78. The Kier molecular flexibility index (Phi) is 6.30. The number of esters is 1. The van der Waals surface area contributed by atoms with Gasteiger partial charge in [-0.3, -0.25) is 9.59 Å². The molecule has 0 aliphatic rings. The van der Waals surface area contributed by atoms with Crippen molar-refractivity contribution < 1.29 is 14.3 Å². The van der Waals surface area contributed by atoms with Crippen molar-refractivity contribution in [3.8, 4) is 5.75 Å². The average molecular weight is 305 g/mol. The van der Waals surface area contributed by atoms with E-state index in [1.54, 1.807) is 14.0 Å². The number of nitrogens with one attached hydrogen (secondary N) is 1. The summed E-state index contributed by atoms with van der Waals surface area (Å²) in [5.41, 5.74) is 2.65. The van der Waals surface area contributed by atoms with Crippen molar-refractivity contribution in [3.05, 3.63) is 28.8 Å². The van der Waals surface area contributed by atoms with Crippen LogP contribution in [0.25, 0.3) is 0 Å². The van der Waals surface area contributed by atoms with Crippen LogP contribution in [-0.4, -0.2) is 25.3 Å². The van der Waals surface area contributed by atoms with E-state index in [-0.39, 0.29) is 17.2 Å². The van der Waals surface area contributed by atoms with Gasteiger partial charge in [-0.2, -0.15) is 0 Å². The van der Waals surface area contributed by atoms with Crippen LogP contribution in [0.4, 0.5) is 0 Å². The van der Waals surface area contributed by atoms with Crippen LogP contribution >= 0.6 is 0 Å². The Balaban J connectivity index is 3.20. The zero-order valence-electron chi connectivity index (χ0n) is 14.5. The molecular weight excluding hydrogens is 278 g/mol. The quantitative estimate of drug-likeness (QED) is 0.621. The fourth-order valence-corrected chi connectivity index (χ4v) is 2.99. The van der Waals surface area contributed by atoms with Crippen molar-refractivity contribution in [2.45, 2.75) is 52.9 Å². The molecule has 0 aromatic heterocycles. The molecule has 0 aliphatic heterocycles. The molecule has 0 unspecified atom stereocenters. The summed E-state index contributed by atoms with van der Waals surface area (Å²) in [6.45, 7) is 10.2. The number of aryl methyl sites for hydroxylation is 2. The number of carbonyl (C=O) groups excluding carboxylic acids is 2. The Hall–Kier alpha value is -1.68. The van der Waals surface area contributed by atoms with Gasteiger partial charge in [-0.25, -0.2) is 0 Å². The van der Waals surface area contributed by atoms with Crippen LogP contribution in [0.15, 0.2) is 12.1 Å². The summed E-state index contributed by atoms with van der Waals surface area (Å²) in [6.07, 6.45) is 0.730. The zero-order valence-corrected chi connectivity index (χ0v) is 14.5. The van der Waals surface area contributed by atoms with E-state index in [0.29, 0.717) is 25.1 Å². The number of benzene rings is 1. The minimum absolute atomic E-state index is 0.123. The second-order valence-electron chi connectivity index (χ2n) is 6.55. The van der Waals surface area contributed by atoms with Crippen molar-refractivity contribution in [2.24, 2.45) is 0 Å². The summed E-state index contributed by atoms with van der Waals surface area (Å²) >= 11 is 0. The van der Waals surface area contributed by atoms with E-state index in [0.717, 1.165) is 16.7 Å². The fraction of sp³-hybridized carbons (Fsp3) is 0.556. The van der Waals surface area contributed by atoms with E-state index < -0.39 is 0 Å². The highest BCUT2D eigenvalue weighted by atomic mass is 16.5.